The first-order valence-corrected chi connectivity index (χ1v) is 4.21. The van der Waals surface area contributed by atoms with Crippen molar-refractivity contribution in [2.24, 2.45) is 0 Å². The second kappa shape index (κ2) is 3.87. The molecular formula is C8H16N2O2. The molecule has 0 aromatic heterocycles. The standard InChI is InChI=1S/C8H16N2O2/c1-9-7(11)8(6-12-2)4-3-5-10-8/h10H,3-6H2,1-2H3,(H,9,11). The van der Waals surface area contributed by atoms with Crippen LogP contribution in [0, 0.1) is 0 Å². The van der Waals surface area contributed by atoms with Crippen molar-refractivity contribution in [3.8, 4) is 0 Å². The van der Waals surface area contributed by atoms with Crippen LogP contribution >= 0.6 is 0 Å². The average Bonchev–Trinajstić information content (AvgIpc) is 2.53. The smallest absolute Gasteiger partial charge is 0.242 e. The summed E-state index contributed by atoms with van der Waals surface area (Å²) in [6.45, 7) is 1.35. The predicted molar refractivity (Wildman–Crippen MR) is 45.9 cm³/mol. The molecule has 0 aromatic rings. The van der Waals surface area contributed by atoms with Crippen molar-refractivity contribution in [3.63, 3.8) is 0 Å². The Bertz CT molecular complexity index is 164. The molecule has 0 spiro atoms. The van der Waals surface area contributed by atoms with Gasteiger partial charge in [-0.2, -0.15) is 0 Å². The van der Waals surface area contributed by atoms with Gasteiger partial charge in [0.2, 0.25) is 5.91 Å². The highest BCUT2D eigenvalue weighted by atomic mass is 16.5. The molecule has 1 aliphatic rings. The number of carbonyl (C=O) groups is 1. The van der Waals surface area contributed by atoms with Crippen molar-refractivity contribution < 1.29 is 9.53 Å². The molecule has 4 nitrogen and oxygen atoms in total. The molecule has 1 aliphatic heterocycles. The fourth-order valence-corrected chi connectivity index (χ4v) is 1.67. The molecule has 1 rings (SSSR count). The quantitative estimate of drug-likeness (QED) is 0.603. The van der Waals surface area contributed by atoms with E-state index in [0.717, 1.165) is 19.4 Å². The zero-order valence-corrected chi connectivity index (χ0v) is 7.64. The highest BCUT2D eigenvalue weighted by molar-refractivity contribution is 5.86. The molecule has 0 bridgehead atoms. The minimum atomic E-state index is -0.469. The molecule has 1 amide bonds. The molecule has 1 fully saturated rings. The number of methoxy groups -OCH3 is 1. The molecule has 0 radical (unpaired) electrons. The van der Waals surface area contributed by atoms with Crippen LogP contribution in [0.4, 0.5) is 0 Å². The van der Waals surface area contributed by atoms with Crippen molar-refractivity contribution in [1.29, 1.82) is 0 Å². The van der Waals surface area contributed by atoms with Gasteiger partial charge in [0.1, 0.15) is 5.54 Å². The molecule has 1 atom stereocenters. The number of nitrogens with one attached hydrogen (secondary N) is 2. The summed E-state index contributed by atoms with van der Waals surface area (Å²) < 4.78 is 5.03. The normalized spacial score (nSPS) is 28.8. The van der Waals surface area contributed by atoms with Crippen LogP contribution in [0.5, 0.6) is 0 Å². The predicted octanol–water partition coefficient (Wildman–Crippen LogP) is -0.499. The summed E-state index contributed by atoms with van der Waals surface area (Å²) in [6.07, 6.45) is 1.90. The molecule has 70 valence electrons. The van der Waals surface area contributed by atoms with Crippen molar-refractivity contribution in [3.05, 3.63) is 0 Å². The molecule has 0 aromatic carbocycles. The lowest BCUT2D eigenvalue weighted by Gasteiger charge is -2.26. The van der Waals surface area contributed by atoms with Crippen LogP contribution in [0.3, 0.4) is 0 Å². The third-order valence-electron chi connectivity index (χ3n) is 2.30. The van der Waals surface area contributed by atoms with Crippen molar-refractivity contribution in [1.82, 2.24) is 10.6 Å². The van der Waals surface area contributed by atoms with Gasteiger partial charge in [0, 0.05) is 14.2 Å². The molecule has 1 saturated heterocycles. The van der Waals surface area contributed by atoms with E-state index in [1.807, 2.05) is 0 Å². The summed E-state index contributed by atoms with van der Waals surface area (Å²) in [5.74, 6) is 0.0295. The Balaban J connectivity index is 2.64. The Labute approximate surface area is 72.7 Å². The van der Waals surface area contributed by atoms with Gasteiger partial charge in [-0.15, -0.1) is 0 Å². The van der Waals surface area contributed by atoms with E-state index in [1.165, 1.54) is 0 Å². The van der Waals surface area contributed by atoms with E-state index in [9.17, 15) is 4.79 Å². The van der Waals surface area contributed by atoms with Gasteiger partial charge in [0.25, 0.3) is 0 Å². The van der Waals surface area contributed by atoms with E-state index in [4.69, 9.17) is 4.74 Å². The second-order valence-electron chi connectivity index (χ2n) is 3.12. The zero-order valence-electron chi connectivity index (χ0n) is 7.64. The van der Waals surface area contributed by atoms with Crippen molar-refractivity contribution in [2.75, 3.05) is 27.3 Å². The SMILES string of the molecule is CNC(=O)C1(COC)CCCN1. The minimum absolute atomic E-state index is 0.0295. The maximum absolute atomic E-state index is 11.5. The molecule has 12 heavy (non-hydrogen) atoms. The third-order valence-corrected chi connectivity index (χ3v) is 2.30. The van der Waals surface area contributed by atoms with Crippen LogP contribution in [-0.2, 0) is 9.53 Å². The van der Waals surface area contributed by atoms with Crippen LogP contribution in [0.1, 0.15) is 12.8 Å². The Morgan fingerprint density at radius 1 is 1.75 bits per heavy atom. The summed E-state index contributed by atoms with van der Waals surface area (Å²) in [4.78, 5) is 11.5. The Morgan fingerprint density at radius 2 is 2.50 bits per heavy atom. The molecular weight excluding hydrogens is 156 g/mol. The minimum Gasteiger partial charge on any atom is -0.382 e. The first-order chi connectivity index (χ1) is 5.75. The molecule has 4 heteroatoms. The van der Waals surface area contributed by atoms with E-state index in [-0.39, 0.29) is 5.91 Å². The van der Waals surface area contributed by atoms with Crippen molar-refractivity contribution >= 4 is 5.91 Å². The maximum atomic E-state index is 11.5. The lowest BCUT2D eigenvalue weighted by atomic mass is 9.98. The van der Waals surface area contributed by atoms with Gasteiger partial charge in [-0.25, -0.2) is 0 Å². The number of hydrogen-bond donors (Lipinski definition) is 2. The summed E-state index contributed by atoms with van der Waals surface area (Å²) in [6, 6.07) is 0. The molecule has 2 N–H and O–H groups in total. The monoisotopic (exact) mass is 172 g/mol. The Hall–Kier alpha value is -0.610. The number of hydrogen-bond acceptors (Lipinski definition) is 3. The van der Waals surface area contributed by atoms with Gasteiger partial charge < -0.3 is 15.4 Å². The summed E-state index contributed by atoms with van der Waals surface area (Å²) in [5, 5.41) is 5.84. The van der Waals surface area contributed by atoms with E-state index in [0.29, 0.717) is 6.61 Å². The largest absolute Gasteiger partial charge is 0.382 e. The van der Waals surface area contributed by atoms with Gasteiger partial charge in [0.05, 0.1) is 6.61 Å². The Kier molecular flexibility index (Phi) is 3.05. The van der Waals surface area contributed by atoms with Gasteiger partial charge >= 0.3 is 0 Å². The van der Waals surface area contributed by atoms with Gasteiger partial charge in [-0.05, 0) is 19.4 Å². The van der Waals surface area contributed by atoms with E-state index in [2.05, 4.69) is 10.6 Å². The van der Waals surface area contributed by atoms with Gasteiger partial charge in [0.15, 0.2) is 0 Å². The van der Waals surface area contributed by atoms with Crippen LogP contribution < -0.4 is 10.6 Å². The van der Waals surface area contributed by atoms with E-state index < -0.39 is 5.54 Å². The van der Waals surface area contributed by atoms with Crippen LogP contribution in [0.25, 0.3) is 0 Å². The van der Waals surface area contributed by atoms with E-state index in [1.54, 1.807) is 14.2 Å². The first kappa shape index (κ1) is 9.48. The highest BCUT2D eigenvalue weighted by Crippen LogP contribution is 2.19. The van der Waals surface area contributed by atoms with E-state index >= 15 is 0 Å². The summed E-state index contributed by atoms with van der Waals surface area (Å²) >= 11 is 0. The number of rotatable bonds is 3. The zero-order chi connectivity index (χ0) is 9.03. The van der Waals surface area contributed by atoms with Crippen LogP contribution in [-0.4, -0.2) is 38.8 Å². The topological polar surface area (TPSA) is 50.4 Å². The number of carbonyl (C=O) groups excluding carboxylic acids is 1. The number of likely N-dealkylation sites (N-methyl/N-ethyl adjacent to an activating group) is 1. The second-order valence-corrected chi connectivity index (χ2v) is 3.12. The van der Waals surface area contributed by atoms with Gasteiger partial charge in [-0.1, -0.05) is 0 Å². The van der Waals surface area contributed by atoms with Gasteiger partial charge in [-0.3, -0.25) is 4.79 Å². The fourth-order valence-electron chi connectivity index (χ4n) is 1.67. The summed E-state index contributed by atoms with van der Waals surface area (Å²) in [5.41, 5.74) is -0.469. The van der Waals surface area contributed by atoms with Crippen molar-refractivity contribution in [2.45, 2.75) is 18.4 Å². The number of ether oxygens (including phenoxy) is 1. The molecule has 0 aliphatic carbocycles. The fraction of sp³-hybridized carbons (Fsp3) is 0.875. The lowest BCUT2D eigenvalue weighted by Crippen LogP contribution is -2.55. The summed E-state index contributed by atoms with van der Waals surface area (Å²) in [7, 11) is 3.27. The molecule has 1 unspecified atom stereocenters. The molecule has 0 saturated carbocycles. The maximum Gasteiger partial charge on any atom is 0.242 e. The third kappa shape index (κ3) is 1.59. The Morgan fingerprint density at radius 3 is 2.92 bits per heavy atom. The number of amides is 1. The highest BCUT2D eigenvalue weighted by Gasteiger charge is 2.40. The van der Waals surface area contributed by atoms with Crippen LogP contribution in [0.2, 0.25) is 0 Å². The first-order valence-electron chi connectivity index (χ1n) is 4.21. The van der Waals surface area contributed by atoms with Crippen LogP contribution in [0.15, 0.2) is 0 Å². The molecule has 1 heterocycles. The average molecular weight is 172 g/mol. The lowest BCUT2D eigenvalue weighted by molar-refractivity contribution is -0.128.